The van der Waals surface area contributed by atoms with Crippen LogP contribution in [0.15, 0.2) is 48.6 Å². The second-order valence-electron chi connectivity index (χ2n) is 12.8. The van der Waals surface area contributed by atoms with E-state index in [0.717, 1.165) is 75.7 Å². The number of nitrogens with zero attached hydrogens (tertiary/aromatic N) is 1. The zero-order chi connectivity index (χ0) is 30.6. The van der Waals surface area contributed by atoms with Crippen LogP contribution in [0.1, 0.15) is 93.1 Å². The summed E-state index contributed by atoms with van der Waals surface area (Å²) in [6.45, 7) is 5.62. The van der Waals surface area contributed by atoms with Crippen molar-refractivity contribution in [1.82, 2.24) is 4.72 Å². The van der Waals surface area contributed by atoms with Crippen molar-refractivity contribution in [2.75, 3.05) is 18.0 Å². The van der Waals surface area contributed by atoms with E-state index in [1.54, 1.807) is 37.3 Å². The van der Waals surface area contributed by atoms with Crippen molar-refractivity contribution in [1.29, 1.82) is 0 Å². The molecule has 2 aliphatic heterocycles. The van der Waals surface area contributed by atoms with Gasteiger partial charge in [-0.15, -0.1) is 0 Å². The maximum Gasteiger partial charge on any atom is 0.264 e. The minimum absolute atomic E-state index is 0.0984. The number of aliphatic hydroxyl groups excluding tert-OH is 1. The van der Waals surface area contributed by atoms with E-state index in [-0.39, 0.29) is 23.8 Å². The van der Waals surface area contributed by atoms with E-state index < -0.39 is 26.8 Å². The Morgan fingerprint density at radius 1 is 1.12 bits per heavy atom. The molecule has 1 amide bonds. The van der Waals surface area contributed by atoms with Gasteiger partial charge in [0, 0.05) is 23.7 Å². The zero-order valence-corrected chi connectivity index (χ0v) is 26.9. The van der Waals surface area contributed by atoms with Crippen LogP contribution in [0.25, 0.3) is 0 Å². The molecule has 2 aromatic rings. The number of hydrogen-bond acceptors (Lipinski definition) is 6. The van der Waals surface area contributed by atoms with Crippen LogP contribution in [0, 0.1) is 11.8 Å². The SMILES string of the molecule is CCCCCC1(C)C/C=C/[C@H](O)[C@@H]2CC[C@H]2CN2CCCCc3cc(Cl)ccc3COc3ccc(cc32)C(=O)NS1(=O)=O. The summed E-state index contributed by atoms with van der Waals surface area (Å²) in [5.41, 5.74) is 3.31. The molecular formula is C34H45ClN2O5S. The number of unbranched alkanes of at least 4 members (excludes halogenated alkanes) is 2. The summed E-state index contributed by atoms with van der Waals surface area (Å²) >= 11 is 6.31. The predicted octanol–water partition coefficient (Wildman–Crippen LogP) is 6.81. The first-order valence-corrected chi connectivity index (χ1v) is 17.7. The average molecular weight is 629 g/mol. The van der Waals surface area contributed by atoms with Crippen LogP contribution in [-0.2, 0) is 23.1 Å². The second-order valence-corrected chi connectivity index (χ2v) is 15.4. The molecule has 2 aromatic carbocycles. The Bertz CT molecular complexity index is 1440. The van der Waals surface area contributed by atoms with Gasteiger partial charge in [0.2, 0.25) is 10.0 Å². The number of benzene rings is 2. The van der Waals surface area contributed by atoms with Crippen molar-refractivity contribution in [3.8, 4) is 5.75 Å². The number of anilines is 1. The molecule has 1 fully saturated rings. The highest BCUT2D eigenvalue weighted by Crippen LogP contribution is 2.41. The fraction of sp³-hybridized carbons (Fsp3) is 0.559. The fourth-order valence-corrected chi connectivity index (χ4v) is 8.16. The molecule has 4 atom stereocenters. The number of halogens is 1. The lowest BCUT2D eigenvalue weighted by molar-refractivity contribution is 0.0461. The van der Waals surface area contributed by atoms with Crippen LogP contribution in [0.3, 0.4) is 0 Å². The smallest absolute Gasteiger partial charge is 0.264 e. The lowest BCUT2D eigenvalue weighted by Gasteiger charge is -2.42. The summed E-state index contributed by atoms with van der Waals surface area (Å²) < 4.78 is 35.1. The third-order valence-corrected chi connectivity index (χ3v) is 12.0. The van der Waals surface area contributed by atoms with Crippen LogP contribution < -0.4 is 14.4 Å². The van der Waals surface area contributed by atoms with Crippen molar-refractivity contribution in [2.24, 2.45) is 11.8 Å². The molecule has 9 heteroatoms. The molecule has 3 aliphatic rings. The molecule has 2 heterocycles. The summed E-state index contributed by atoms with van der Waals surface area (Å²) in [7, 11) is -4.04. The first-order valence-electron chi connectivity index (χ1n) is 15.8. The monoisotopic (exact) mass is 628 g/mol. The van der Waals surface area contributed by atoms with Gasteiger partial charge >= 0.3 is 0 Å². The lowest BCUT2D eigenvalue weighted by atomic mass is 9.70. The molecule has 0 spiro atoms. The Morgan fingerprint density at radius 2 is 1.95 bits per heavy atom. The second kappa shape index (κ2) is 13.6. The third kappa shape index (κ3) is 7.23. The van der Waals surface area contributed by atoms with Gasteiger partial charge in [-0.1, -0.05) is 56.0 Å². The molecule has 2 bridgehead atoms. The largest absolute Gasteiger partial charge is 0.487 e. The number of rotatable bonds is 4. The van der Waals surface area contributed by atoms with Crippen molar-refractivity contribution in [3.63, 3.8) is 0 Å². The number of hydrogen-bond donors (Lipinski definition) is 2. The number of allylic oxidation sites excluding steroid dienone is 1. The van der Waals surface area contributed by atoms with Gasteiger partial charge in [-0.05, 0) is 105 Å². The van der Waals surface area contributed by atoms with Crippen LogP contribution >= 0.6 is 11.6 Å². The van der Waals surface area contributed by atoms with Crippen LogP contribution in [0.4, 0.5) is 5.69 Å². The Hall–Kier alpha value is -2.55. The van der Waals surface area contributed by atoms with Gasteiger partial charge < -0.3 is 14.7 Å². The number of ether oxygens (including phenoxy) is 1. The van der Waals surface area contributed by atoms with E-state index in [4.69, 9.17) is 16.3 Å². The normalized spacial score (nSPS) is 28.3. The molecular weight excluding hydrogens is 584 g/mol. The molecule has 0 saturated heterocycles. The average Bonchev–Trinajstić information content (AvgIpc) is 2.97. The number of fused-ring (bicyclic) bond motifs is 3. The highest BCUT2D eigenvalue weighted by molar-refractivity contribution is 7.91. The van der Waals surface area contributed by atoms with Gasteiger partial charge in [-0.2, -0.15) is 0 Å². The Balaban J connectivity index is 1.54. The molecule has 7 nitrogen and oxygen atoms in total. The van der Waals surface area contributed by atoms with Gasteiger partial charge in [0.1, 0.15) is 12.4 Å². The summed E-state index contributed by atoms with van der Waals surface area (Å²) in [5, 5.41) is 11.9. The number of amides is 1. The first-order chi connectivity index (χ1) is 20.6. The molecule has 5 rings (SSSR count). The number of nitrogens with one attached hydrogen (secondary N) is 1. The van der Waals surface area contributed by atoms with Gasteiger partial charge in [-0.25, -0.2) is 13.1 Å². The Morgan fingerprint density at radius 3 is 2.72 bits per heavy atom. The third-order valence-electron chi connectivity index (χ3n) is 9.68. The van der Waals surface area contributed by atoms with E-state index in [1.165, 1.54) is 5.56 Å². The number of aliphatic hydroxyl groups is 1. The highest BCUT2D eigenvalue weighted by Gasteiger charge is 2.40. The fourth-order valence-electron chi connectivity index (χ4n) is 6.63. The molecule has 2 N–H and O–H groups in total. The standard InChI is InChI=1S/C34H45ClN2O5S/c1-3-4-6-17-34(2)18-8-10-31(38)29-15-12-26(29)22-37-19-7-5-9-24-20-28(35)14-11-27(24)23-42-32-16-13-25(21-30(32)37)33(39)36-43(34,40)41/h8,10-11,13-14,16,20-21,26,29,31,38H,3-7,9,12,15,17-19,22-23H2,1-2H3,(H,36,39)/b10-8+/t26-,29+,31-,34?/m0/s1. The summed E-state index contributed by atoms with van der Waals surface area (Å²) in [6.07, 6.45) is 10.9. The van der Waals surface area contributed by atoms with E-state index in [2.05, 4.69) is 16.5 Å². The topological polar surface area (TPSA) is 95.9 Å². The molecule has 43 heavy (non-hydrogen) atoms. The number of carbonyl (C=O) groups excluding carboxylic acids is 1. The maximum atomic E-state index is 13.8. The maximum absolute atomic E-state index is 13.8. The molecule has 1 saturated carbocycles. The zero-order valence-electron chi connectivity index (χ0n) is 25.4. The summed E-state index contributed by atoms with van der Waals surface area (Å²) in [5.74, 6) is 0.378. The van der Waals surface area contributed by atoms with E-state index in [1.807, 2.05) is 18.2 Å². The van der Waals surface area contributed by atoms with E-state index in [0.29, 0.717) is 23.8 Å². The molecule has 0 radical (unpaired) electrons. The number of sulfonamides is 1. The van der Waals surface area contributed by atoms with Gasteiger partial charge in [-0.3, -0.25) is 4.79 Å². The van der Waals surface area contributed by atoms with Crippen molar-refractivity contribution >= 4 is 33.2 Å². The predicted molar refractivity (Wildman–Crippen MR) is 172 cm³/mol. The van der Waals surface area contributed by atoms with Crippen LogP contribution in [0.5, 0.6) is 5.75 Å². The molecule has 1 unspecified atom stereocenters. The van der Waals surface area contributed by atoms with Gasteiger partial charge in [0.25, 0.3) is 5.91 Å². The minimum atomic E-state index is -4.04. The number of aryl methyl sites for hydroxylation is 1. The van der Waals surface area contributed by atoms with Crippen LogP contribution in [-0.4, -0.2) is 43.4 Å². The summed E-state index contributed by atoms with van der Waals surface area (Å²) in [4.78, 5) is 15.8. The van der Waals surface area contributed by atoms with Crippen LogP contribution in [0.2, 0.25) is 5.02 Å². The highest BCUT2D eigenvalue weighted by atomic mass is 35.5. The summed E-state index contributed by atoms with van der Waals surface area (Å²) in [6, 6.07) is 11.1. The molecule has 0 aromatic heterocycles. The van der Waals surface area contributed by atoms with Gasteiger partial charge in [0.15, 0.2) is 0 Å². The van der Waals surface area contributed by atoms with Crippen molar-refractivity contribution in [2.45, 2.75) is 95.5 Å². The van der Waals surface area contributed by atoms with Crippen molar-refractivity contribution in [3.05, 3.63) is 70.3 Å². The lowest BCUT2D eigenvalue weighted by Crippen LogP contribution is -2.46. The molecule has 234 valence electrons. The van der Waals surface area contributed by atoms with E-state index in [9.17, 15) is 18.3 Å². The number of carbonyl (C=O) groups is 1. The Kier molecular flexibility index (Phi) is 10.1. The minimum Gasteiger partial charge on any atom is -0.487 e. The Labute approximate surface area is 261 Å². The first kappa shape index (κ1) is 31.9. The molecule has 1 aliphatic carbocycles. The van der Waals surface area contributed by atoms with E-state index >= 15 is 0 Å². The van der Waals surface area contributed by atoms with Crippen molar-refractivity contribution < 1.29 is 23.1 Å². The quantitative estimate of drug-likeness (QED) is 0.285. The van der Waals surface area contributed by atoms with Gasteiger partial charge in [0.05, 0.1) is 16.5 Å².